The van der Waals surface area contributed by atoms with Crippen LogP contribution in [0, 0.1) is 17.0 Å². The molecule has 0 spiro atoms. The third kappa shape index (κ3) is 5.14. The first kappa shape index (κ1) is 20.4. The van der Waals surface area contributed by atoms with E-state index in [1.165, 1.54) is 24.4 Å². The van der Waals surface area contributed by atoms with Crippen LogP contribution >= 0.6 is 0 Å². The summed E-state index contributed by atoms with van der Waals surface area (Å²) in [6, 6.07) is 19.1. The number of carbonyl (C=O) groups is 2. The number of amides is 1. The predicted octanol–water partition coefficient (Wildman–Crippen LogP) is 3.89. The Morgan fingerprint density at radius 2 is 1.70 bits per heavy atom. The maximum absolute atomic E-state index is 12.2. The van der Waals surface area contributed by atoms with Crippen LogP contribution in [0.1, 0.15) is 31.8 Å². The van der Waals surface area contributed by atoms with Crippen LogP contribution < -0.4 is 10.2 Å². The molecular weight excluding hydrogens is 386 g/mol. The quantitative estimate of drug-likeness (QED) is 0.221. The van der Waals surface area contributed by atoms with Gasteiger partial charge in [0.15, 0.2) is 0 Å². The van der Waals surface area contributed by atoms with Crippen molar-refractivity contribution in [3.05, 3.63) is 105 Å². The van der Waals surface area contributed by atoms with Gasteiger partial charge in [0.25, 0.3) is 5.91 Å². The monoisotopic (exact) mass is 403 g/mol. The topological polar surface area (TPSA) is 111 Å². The van der Waals surface area contributed by atoms with Crippen molar-refractivity contribution in [3.8, 4) is 5.75 Å². The lowest BCUT2D eigenvalue weighted by Gasteiger charge is -2.06. The summed E-state index contributed by atoms with van der Waals surface area (Å²) < 4.78 is 5.16. The van der Waals surface area contributed by atoms with Crippen molar-refractivity contribution in [1.82, 2.24) is 5.43 Å². The lowest BCUT2D eigenvalue weighted by molar-refractivity contribution is -0.385. The molecule has 8 heteroatoms. The van der Waals surface area contributed by atoms with Crippen molar-refractivity contribution >= 4 is 23.8 Å². The number of benzene rings is 3. The summed E-state index contributed by atoms with van der Waals surface area (Å²) >= 11 is 0. The number of carbonyl (C=O) groups excluding carboxylic acids is 2. The molecule has 1 N–H and O–H groups in total. The number of nitrogens with one attached hydrogen (secondary N) is 1. The maximum Gasteiger partial charge on any atom is 0.343 e. The van der Waals surface area contributed by atoms with Crippen LogP contribution in [0.3, 0.4) is 0 Å². The molecule has 0 aliphatic carbocycles. The SMILES string of the molecule is Cc1ccc(C(=O)NN=Cc2ccc(OC(=O)c3ccccc3)c([N+](=O)[O-])c2)cc1. The number of esters is 1. The highest BCUT2D eigenvalue weighted by Crippen LogP contribution is 2.28. The molecule has 0 unspecified atom stereocenters. The van der Waals surface area contributed by atoms with E-state index in [0.717, 1.165) is 5.56 Å². The molecular formula is C22H17N3O5. The molecule has 0 fully saturated rings. The van der Waals surface area contributed by atoms with Crippen LogP contribution in [-0.4, -0.2) is 23.0 Å². The smallest absolute Gasteiger partial charge is 0.343 e. The van der Waals surface area contributed by atoms with Gasteiger partial charge in [-0.3, -0.25) is 14.9 Å². The summed E-state index contributed by atoms with van der Waals surface area (Å²) in [5.74, 6) is -1.30. The molecule has 0 radical (unpaired) electrons. The van der Waals surface area contributed by atoms with Crippen molar-refractivity contribution in [3.63, 3.8) is 0 Å². The summed E-state index contributed by atoms with van der Waals surface area (Å²) in [6.07, 6.45) is 1.27. The summed E-state index contributed by atoms with van der Waals surface area (Å²) in [7, 11) is 0. The van der Waals surface area contributed by atoms with Crippen molar-refractivity contribution in [2.24, 2.45) is 5.10 Å². The van der Waals surface area contributed by atoms with Gasteiger partial charge in [0, 0.05) is 17.2 Å². The predicted molar refractivity (Wildman–Crippen MR) is 111 cm³/mol. The number of rotatable bonds is 6. The van der Waals surface area contributed by atoms with E-state index in [0.29, 0.717) is 11.1 Å². The average molecular weight is 403 g/mol. The zero-order valence-electron chi connectivity index (χ0n) is 15.9. The number of nitrogens with zero attached hydrogens (tertiary/aromatic N) is 2. The van der Waals surface area contributed by atoms with E-state index in [9.17, 15) is 19.7 Å². The fourth-order valence-corrected chi connectivity index (χ4v) is 2.51. The first-order valence-electron chi connectivity index (χ1n) is 8.90. The van der Waals surface area contributed by atoms with Gasteiger partial charge in [-0.25, -0.2) is 10.2 Å². The molecule has 30 heavy (non-hydrogen) atoms. The fourth-order valence-electron chi connectivity index (χ4n) is 2.51. The van der Waals surface area contributed by atoms with E-state index in [2.05, 4.69) is 10.5 Å². The van der Waals surface area contributed by atoms with E-state index in [4.69, 9.17) is 4.74 Å². The lowest BCUT2D eigenvalue weighted by Crippen LogP contribution is -2.17. The van der Waals surface area contributed by atoms with Gasteiger partial charge in [-0.05, 0) is 43.3 Å². The number of aryl methyl sites for hydroxylation is 1. The summed E-state index contributed by atoms with van der Waals surface area (Å²) in [5.41, 5.74) is 4.05. The van der Waals surface area contributed by atoms with Crippen LogP contribution in [0.2, 0.25) is 0 Å². The van der Waals surface area contributed by atoms with Gasteiger partial charge in [0.05, 0.1) is 16.7 Å². The molecule has 0 aliphatic rings. The summed E-state index contributed by atoms with van der Waals surface area (Å²) in [4.78, 5) is 34.9. The van der Waals surface area contributed by atoms with E-state index in [-0.39, 0.29) is 11.3 Å². The largest absolute Gasteiger partial charge is 0.416 e. The Bertz CT molecular complexity index is 1110. The summed E-state index contributed by atoms with van der Waals surface area (Å²) in [5, 5.41) is 15.2. The fraction of sp³-hybridized carbons (Fsp3) is 0.0455. The van der Waals surface area contributed by atoms with E-state index >= 15 is 0 Å². The van der Waals surface area contributed by atoms with Crippen LogP contribution in [0.4, 0.5) is 5.69 Å². The third-order valence-corrected chi connectivity index (χ3v) is 4.09. The maximum atomic E-state index is 12.2. The molecule has 0 saturated heterocycles. The number of nitro groups is 1. The Labute approximate surface area is 172 Å². The molecule has 3 rings (SSSR count). The van der Waals surface area contributed by atoms with Crippen LogP contribution in [-0.2, 0) is 0 Å². The molecule has 0 aromatic heterocycles. The number of ether oxygens (including phenoxy) is 1. The van der Waals surface area contributed by atoms with Crippen molar-refractivity contribution in [1.29, 1.82) is 0 Å². The minimum atomic E-state index is -0.703. The minimum Gasteiger partial charge on any atom is -0.416 e. The highest BCUT2D eigenvalue weighted by Gasteiger charge is 2.19. The molecule has 0 bridgehead atoms. The van der Waals surface area contributed by atoms with Gasteiger partial charge in [0.2, 0.25) is 5.75 Å². The minimum absolute atomic E-state index is 0.185. The Morgan fingerprint density at radius 3 is 2.37 bits per heavy atom. The molecule has 8 nitrogen and oxygen atoms in total. The highest BCUT2D eigenvalue weighted by atomic mass is 16.6. The second-order valence-corrected chi connectivity index (χ2v) is 6.30. The molecule has 0 heterocycles. The van der Waals surface area contributed by atoms with Gasteiger partial charge in [0.1, 0.15) is 0 Å². The molecule has 0 saturated carbocycles. The Balaban J connectivity index is 1.72. The number of hydrogen-bond acceptors (Lipinski definition) is 6. The lowest BCUT2D eigenvalue weighted by atomic mass is 10.1. The summed E-state index contributed by atoms with van der Waals surface area (Å²) in [6.45, 7) is 1.91. The molecule has 3 aromatic carbocycles. The first-order valence-corrected chi connectivity index (χ1v) is 8.90. The molecule has 0 atom stereocenters. The van der Waals surface area contributed by atoms with Crippen molar-refractivity contribution in [2.45, 2.75) is 6.92 Å². The van der Waals surface area contributed by atoms with E-state index in [1.54, 1.807) is 54.6 Å². The standard InChI is InChI=1S/C22H17N3O5/c1-15-7-10-17(11-8-15)21(26)24-23-14-16-9-12-20(19(13-16)25(28)29)30-22(27)18-5-3-2-4-6-18/h2-14H,1H3,(H,24,26). The normalized spacial score (nSPS) is 10.6. The number of hydrazone groups is 1. The molecule has 1 amide bonds. The van der Waals surface area contributed by atoms with Gasteiger partial charge in [-0.2, -0.15) is 5.10 Å². The van der Waals surface area contributed by atoms with Crippen molar-refractivity contribution < 1.29 is 19.2 Å². The number of hydrogen-bond donors (Lipinski definition) is 1. The zero-order valence-corrected chi connectivity index (χ0v) is 15.9. The van der Waals surface area contributed by atoms with E-state index < -0.39 is 22.5 Å². The zero-order chi connectivity index (χ0) is 21.5. The van der Waals surface area contributed by atoms with Crippen LogP contribution in [0.5, 0.6) is 5.75 Å². The van der Waals surface area contributed by atoms with Crippen LogP contribution in [0.15, 0.2) is 77.9 Å². The average Bonchev–Trinajstić information content (AvgIpc) is 2.75. The van der Waals surface area contributed by atoms with Gasteiger partial charge in [-0.1, -0.05) is 35.9 Å². The Kier molecular flexibility index (Phi) is 6.29. The van der Waals surface area contributed by atoms with Gasteiger partial charge >= 0.3 is 11.7 Å². The third-order valence-electron chi connectivity index (χ3n) is 4.09. The van der Waals surface area contributed by atoms with Crippen LogP contribution in [0.25, 0.3) is 0 Å². The second kappa shape index (κ2) is 9.24. The Hall–Kier alpha value is -4.33. The van der Waals surface area contributed by atoms with E-state index in [1.807, 2.05) is 6.92 Å². The Morgan fingerprint density at radius 1 is 1.00 bits per heavy atom. The number of nitro benzene ring substituents is 1. The van der Waals surface area contributed by atoms with Crippen molar-refractivity contribution in [2.75, 3.05) is 0 Å². The van der Waals surface area contributed by atoms with Gasteiger partial charge in [-0.15, -0.1) is 0 Å². The molecule has 150 valence electrons. The molecule has 0 aliphatic heterocycles. The van der Waals surface area contributed by atoms with Gasteiger partial charge < -0.3 is 4.74 Å². The second-order valence-electron chi connectivity index (χ2n) is 6.30. The molecule has 3 aromatic rings. The first-order chi connectivity index (χ1) is 14.4. The highest BCUT2D eigenvalue weighted by molar-refractivity contribution is 5.95.